The highest BCUT2D eigenvalue weighted by atomic mass is 16.2. The predicted octanol–water partition coefficient (Wildman–Crippen LogP) is 1.82. The fourth-order valence-electron chi connectivity index (χ4n) is 1.95. The molecule has 1 aliphatic carbocycles. The van der Waals surface area contributed by atoms with Crippen LogP contribution in [0.3, 0.4) is 0 Å². The van der Waals surface area contributed by atoms with E-state index in [9.17, 15) is 4.79 Å². The fraction of sp³-hybridized carbons (Fsp3) is 0.727. The lowest BCUT2D eigenvalue weighted by Gasteiger charge is -2.24. The SMILES string of the molecule is CC1(C)CC1C(=O)N1CC=CCC1. The zero-order chi connectivity index (χ0) is 9.47. The molecule has 2 nitrogen and oxygen atoms in total. The molecular weight excluding hydrogens is 162 g/mol. The lowest BCUT2D eigenvalue weighted by atomic mass is 10.1. The number of rotatable bonds is 1. The fourth-order valence-corrected chi connectivity index (χ4v) is 1.95. The van der Waals surface area contributed by atoms with Crippen LogP contribution in [0.1, 0.15) is 26.7 Å². The van der Waals surface area contributed by atoms with E-state index >= 15 is 0 Å². The van der Waals surface area contributed by atoms with Crippen molar-refractivity contribution in [3.05, 3.63) is 12.2 Å². The number of amides is 1. The first-order chi connectivity index (χ1) is 6.11. The van der Waals surface area contributed by atoms with Crippen molar-refractivity contribution in [3.8, 4) is 0 Å². The molecule has 13 heavy (non-hydrogen) atoms. The van der Waals surface area contributed by atoms with Crippen LogP contribution in [0.4, 0.5) is 0 Å². The van der Waals surface area contributed by atoms with Crippen LogP contribution in [0.25, 0.3) is 0 Å². The number of hydrogen-bond donors (Lipinski definition) is 0. The van der Waals surface area contributed by atoms with Crippen molar-refractivity contribution in [2.45, 2.75) is 26.7 Å². The van der Waals surface area contributed by atoms with Gasteiger partial charge in [-0.05, 0) is 18.3 Å². The second-order valence-corrected chi connectivity index (χ2v) is 4.79. The van der Waals surface area contributed by atoms with Gasteiger partial charge in [0.05, 0.1) is 0 Å². The maximum atomic E-state index is 11.9. The van der Waals surface area contributed by atoms with Crippen LogP contribution in [0, 0.1) is 11.3 Å². The van der Waals surface area contributed by atoms with E-state index in [0.29, 0.717) is 11.8 Å². The molecule has 0 aromatic rings. The Kier molecular flexibility index (Phi) is 1.94. The summed E-state index contributed by atoms with van der Waals surface area (Å²) in [7, 11) is 0. The largest absolute Gasteiger partial charge is 0.338 e. The third-order valence-electron chi connectivity index (χ3n) is 3.18. The summed E-state index contributed by atoms with van der Waals surface area (Å²) in [5.74, 6) is 0.674. The molecule has 0 spiro atoms. The molecule has 1 fully saturated rings. The van der Waals surface area contributed by atoms with Gasteiger partial charge in [0.1, 0.15) is 0 Å². The first kappa shape index (κ1) is 8.79. The van der Waals surface area contributed by atoms with E-state index in [2.05, 4.69) is 26.0 Å². The molecule has 0 aromatic heterocycles. The average molecular weight is 179 g/mol. The molecule has 2 rings (SSSR count). The molecule has 1 saturated carbocycles. The average Bonchev–Trinajstić information content (AvgIpc) is 2.76. The predicted molar refractivity (Wildman–Crippen MR) is 52.2 cm³/mol. The maximum Gasteiger partial charge on any atom is 0.226 e. The third-order valence-corrected chi connectivity index (χ3v) is 3.18. The van der Waals surface area contributed by atoms with Gasteiger partial charge in [-0.2, -0.15) is 0 Å². The van der Waals surface area contributed by atoms with Crippen molar-refractivity contribution in [2.75, 3.05) is 13.1 Å². The molecule has 1 unspecified atom stereocenters. The standard InChI is InChI=1S/C11H17NO/c1-11(2)8-9(11)10(13)12-6-4-3-5-7-12/h3-4,9H,5-8H2,1-2H3. The summed E-state index contributed by atoms with van der Waals surface area (Å²) in [6.45, 7) is 6.10. The Morgan fingerprint density at radius 1 is 1.46 bits per heavy atom. The summed E-state index contributed by atoms with van der Waals surface area (Å²) < 4.78 is 0. The van der Waals surface area contributed by atoms with Gasteiger partial charge in [-0.1, -0.05) is 26.0 Å². The Bertz CT molecular complexity index is 255. The first-order valence-corrected chi connectivity index (χ1v) is 5.05. The van der Waals surface area contributed by atoms with Crippen LogP contribution >= 0.6 is 0 Å². The van der Waals surface area contributed by atoms with Crippen LogP contribution in [0.2, 0.25) is 0 Å². The normalized spacial score (nSPS) is 30.3. The molecule has 2 aliphatic rings. The molecular formula is C11H17NO. The van der Waals surface area contributed by atoms with E-state index in [1.165, 1.54) is 0 Å². The van der Waals surface area contributed by atoms with Crippen molar-refractivity contribution in [3.63, 3.8) is 0 Å². The van der Waals surface area contributed by atoms with Crippen molar-refractivity contribution < 1.29 is 4.79 Å². The van der Waals surface area contributed by atoms with Gasteiger partial charge >= 0.3 is 0 Å². The first-order valence-electron chi connectivity index (χ1n) is 5.05. The molecule has 1 amide bonds. The van der Waals surface area contributed by atoms with Gasteiger partial charge in [-0.3, -0.25) is 4.79 Å². The molecule has 0 saturated heterocycles. The summed E-state index contributed by atoms with van der Waals surface area (Å²) in [6, 6.07) is 0. The molecule has 0 aromatic carbocycles. The van der Waals surface area contributed by atoms with E-state index in [-0.39, 0.29) is 5.41 Å². The van der Waals surface area contributed by atoms with Gasteiger partial charge < -0.3 is 4.90 Å². The highest BCUT2D eigenvalue weighted by Gasteiger charge is 2.51. The number of hydrogen-bond acceptors (Lipinski definition) is 1. The zero-order valence-corrected chi connectivity index (χ0v) is 8.42. The van der Waals surface area contributed by atoms with Crippen molar-refractivity contribution in [1.29, 1.82) is 0 Å². The van der Waals surface area contributed by atoms with Crippen LogP contribution in [0.15, 0.2) is 12.2 Å². The highest BCUT2D eigenvalue weighted by molar-refractivity contribution is 5.82. The van der Waals surface area contributed by atoms with Gasteiger partial charge in [-0.15, -0.1) is 0 Å². The van der Waals surface area contributed by atoms with E-state index in [1.54, 1.807) is 0 Å². The Morgan fingerprint density at radius 3 is 2.62 bits per heavy atom. The van der Waals surface area contributed by atoms with E-state index in [1.807, 2.05) is 4.90 Å². The highest BCUT2D eigenvalue weighted by Crippen LogP contribution is 2.52. The zero-order valence-electron chi connectivity index (χ0n) is 8.42. The molecule has 0 bridgehead atoms. The number of nitrogens with zero attached hydrogens (tertiary/aromatic N) is 1. The monoisotopic (exact) mass is 179 g/mol. The molecule has 0 radical (unpaired) electrons. The lowest BCUT2D eigenvalue weighted by Crippen LogP contribution is -2.35. The Morgan fingerprint density at radius 2 is 2.15 bits per heavy atom. The van der Waals surface area contributed by atoms with Crippen LogP contribution in [-0.2, 0) is 4.79 Å². The smallest absolute Gasteiger partial charge is 0.226 e. The van der Waals surface area contributed by atoms with Crippen molar-refractivity contribution in [2.24, 2.45) is 11.3 Å². The molecule has 1 heterocycles. The third kappa shape index (κ3) is 1.62. The van der Waals surface area contributed by atoms with E-state index in [4.69, 9.17) is 0 Å². The lowest BCUT2D eigenvalue weighted by molar-refractivity contribution is -0.132. The second kappa shape index (κ2) is 2.86. The summed E-state index contributed by atoms with van der Waals surface area (Å²) >= 11 is 0. The molecule has 1 atom stereocenters. The second-order valence-electron chi connectivity index (χ2n) is 4.79. The van der Waals surface area contributed by atoms with Crippen LogP contribution < -0.4 is 0 Å². The van der Waals surface area contributed by atoms with Gasteiger partial charge in [0, 0.05) is 19.0 Å². The van der Waals surface area contributed by atoms with Gasteiger partial charge in [0.25, 0.3) is 0 Å². The Labute approximate surface area is 79.6 Å². The number of carbonyl (C=O) groups is 1. The van der Waals surface area contributed by atoms with Crippen molar-refractivity contribution in [1.82, 2.24) is 4.90 Å². The minimum atomic E-state index is 0.276. The summed E-state index contributed by atoms with van der Waals surface area (Å²) in [6.07, 6.45) is 6.35. The van der Waals surface area contributed by atoms with E-state index < -0.39 is 0 Å². The maximum absolute atomic E-state index is 11.9. The quantitative estimate of drug-likeness (QED) is 0.562. The van der Waals surface area contributed by atoms with Gasteiger partial charge in [-0.25, -0.2) is 0 Å². The van der Waals surface area contributed by atoms with E-state index in [0.717, 1.165) is 25.9 Å². The molecule has 2 heteroatoms. The summed E-state index contributed by atoms with van der Waals surface area (Å²) in [5.41, 5.74) is 0.276. The van der Waals surface area contributed by atoms with Crippen LogP contribution in [0.5, 0.6) is 0 Å². The molecule has 0 N–H and O–H groups in total. The van der Waals surface area contributed by atoms with Crippen LogP contribution in [-0.4, -0.2) is 23.9 Å². The summed E-state index contributed by atoms with van der Waals surface area (Å²) in [4.78, 5) is 13.9. The number of carbonyl (C=O) groups excluding carboxylic acids is 1. The Balaban J connectivity index is 1.95. The van der Waals surface area contributed by atoms with Gasteiger partial charge in [0.15, 0.2) is 0 Å². The Hall–Kier alpha value is -0.790. The summed E-state index contributed by atoms with van der Waals surface area (Å²) in [5, 5.41) is 0. The minimum absolute atomic E-state index is 0.276. The van der Waals surface area contributed by atoms with Crippen molar-refractivity contribution >= 4 is 5.91 Å². The van der Waals surface area contributed by atoms with Gasteiger partial charge in [0.2, 0.25) is 5.91 Å². The molecule has 72 valence electrons. The topological polar surface area (TPSA) is 20.3 Å². The molecule has 1 aliphatic heterocycles. The minimum Gasteiger partial charge on any atom is -0.338 e.